The van der Waals surface area contributed by atoms with Crippen molar-refractivity contribution in [2.24, 2.45) is 0 Å². The van der Waals surface area contributed by atoms with Gasteiger partial charge in [-0.05, 0) is 53.9 Å². The fourth-order valence-corrected chi connectivity index (χ4v) is 4.64. The second kappa shape index (κ2) is 8.96. The molecule has 8 nitrogen and oxygen atoms in total. The molecule has 1 aliphatic heterocycles. The number of H-pyrrole nitrogens is 1. The van der Waals surface area contributed by atoms with Crippen molar-refractivity contribution in [1.82, 2.24) is 20.1 Å². The van der Waals surface area contributed by atoms with E-state index in [2.05, 4.69) is 15.2 Å². The first-order valence-electron chi connectivity index (χ1n) is 10.9. The highest BCUT2D eigenvalue weighted by atomic mass is 35.5. The van der Waals surface area contributed by atoms with Gasteiger partial charge in [0.15, 0.2) is 11.5 Å². The monoisotopic (exact) mass is 490 g/mol. The number of nitrogens with one attached hydrogen (secondary N) is 1. The van der Waals surface area contributed by atoms with E-state index in [-0.39, 0.29) is 11.7 Å². The van der Waals surface area contributed by atoms with Crippen molar-refractivity contribution in [2.75, 3.05) is 14.2 Å². The second-order valence-corrected chi connectivity index (χ2v) is 8.70. The Kier molecular flexibility index (Phi) is 5.82. The summed E-state index contributed by atoms with van der Waals surface area (Å²) in [5, 5.41) is 18.6. The summed E-state index contributed by atoms with van der Waals surface area (Å²) >= 11 is 6.38. The zero-order valence-corrected chi connectivity index (χ0v) is 20.1. The molecule has 0 aliphatic carbocycles. The van der Waals surface area contributed by atoms with Crippen LogP contribution in [0.2, 0.25) is 5.02 Å². The van der Waals surface area contributed by atoms with Crippen molar-refractivity contribution in [3.8, 4) is 28.5 Å². The van der Waals surface area contributed by atoms with Gasteiger partial charge < -0.3 is 19.5 Å². The Bertz CT molecular complexity index is 1420. The number of phenols is 1. The number of hydrogen-bond acceptors (Lipinski definition) is 6. The standard InChI is InChI=1S/C26H23ClN4O4/c1-14-9-19(32)17(11-18(14)27)23-22-24(30-29-23)26(33)31(13-15-5-4-8-28-12-15)25(22)16-6-7-20(34-2)21(10-16)35-3/h4-12,25,32H,13H2,1-3H3,(H,29,30)/t25-/m1/s1. The molecule has 3 heterocycles. The van der Waals surface area contributed by atoms with Gasteiger partial charge in [0.2, 0.25) is 0 Å². The summed E-state index contributed by atoms with van der Waals surface area (Å²) in [7, 11) is 3.14. The van der Waals surface area contributed by atoms with Crippen molar-refractivity contribution in [3.63, 3.8) is 0 Å². The number of hydrogen-bond donors (Lipinski definition) is 2. The van der Waals surface area contributed by atoms with Gasteiger partial charge in [0.05, 0.1) is 20.3 Å². The number of pyridine rings is 1. The number of ether oxygens (including phenoxy) is 2. The van der Waals surface area contributed by atoms with E-state index in [4.69, 9.17) is 21.1 Å². The minimum atomic E-state index is -0.509. The molecule has 1 atom stereocenters. The Morgan fingerprint density at radius 1 is 1.14 bits per heavy atom. The molecule has 0 radical (unpaired) electrons. The van der Waals surface area contributed by atoms with Crippen LogP contribution < -0.4 is 9.47 Å². The molecule has 2 aromatic carbocycles. The van der Waals surface area contributed by atoms with Gasteiger partial charge in [-0.3, -0.25) is 14.9 Å². The van der Waals surface area contributed by atoms with Gasteiger partial charge in [-0.25, -0.2) is 0 Å². The minimum Gasteiger partial charge on any atom is -0.507 e. The summed E-state index contributed by atoms with van der Waals surface area (Å²) in [6.45, 7) is 2.14. The molecule has 0 bridgehead atoms. The first kappa shape index (κ1) is 22.7. The van der Waals surface area contributed by atoms with Crippen LogP contribution in [0.4, 0.5) is 0 Å². The van der Waals surface area contributed by atoms with Gasteiger partial charge in [0.25, 0.3) is 5.91 Å². The molecule has 0 unspecified atom stereocenters. The number of benzene rings is 2. The lowest BCUT2D eigenvalue weighted by atomic mass is 9.95. The predicted molar refractivity (Wildman–Crippen MR) is 131 cm³/mol. The van der Waals surface area contributed by atoms with Gasteiger partial charge >= 0.3 is 0 Å². The molecule has 35 heavy (non-hydrogen) atoms. The first-order valence-corrected chi connectivity index (χ1v) is 11.3. The molecule has 2 N–H and O–H groups in total. The number of amides is 1. The highest BCUT2D eigenvalue weighted by molar-refractivity contribution is 6.31. The van der Waals surface area contributed by atoms with E-state index in [0.29, 0.717) is 45.6 Å². The highest BCUT2D eigenvalue weighted by Gasteiger charge is 2.43. The predicted octanol–water partition coefficient (Wildman–Crippen LogP) is 4.90. The number of halogens is 1. The topological polar surface area (TPSA) is 101 Å². The van der Waals surface area contributed by atoms with E-state index in [1.54, 1.807) is 49.7 Å². The number of aromatic hydroxyl groups is 1. The number of aryl methyl sites for hydroxylation is 1. The molecule has 5 rings (SSSR count). The van der Waals surface area contributed by atoms with Gasteiger partial charge in [-0.2, -0.15) is 5.10 Å². The molecule has 0 spiro atoms. The third kappa shape index (κ3) is 3.85. The highest BCUT2D eigenvalue weighted by Crippen LogP contribution is 2.47. The average Bonchev–Trinajstić information content (AvgIpc) is 3.40. The number of carbonyl (C=O) groups excluding carboxylic acids is 1. The molecule has 9 heteroatoms. The van der Waals surface area contributed by atoms with Gasteiger partial charge in [-0.1, -0.05) is 23.7 Å². The molecular weight excluding hydrogens is 468 g/mol. The molecule has 178 valence electrons. The van der Waals surface area contributed by atoms with E-state index in [1.807, 2.05) is 31.2 Å². The maximum absolute atomic E-state index is 13.6. The lowest BCUT2D eigenvalue weighted by Gasteiger charge is -2.27. The third-order valence-electron chi connectivity index (χ3n) is 6.19. The average molecular weight is 491 g/mol. The van der Waals surface area contributed by atoms with Crippen LogP contribution in [0.25, 0.3) is 11.3 Å². The molecule has 1 aliphatic rings. The fourth-order valence-electron chi connectivity index (χ4n) is 4.48. The van der Waals surface area contributed by atoms with E-state index in [9.17, 15) is 9.90 Å². The number of fused-ring (bicyclic) bond motifs is 1. The third-order valence-corrected chi connectivity index (χ3v) is 6.60. The number of methoxy groups -OCH3 is 2. The summed E-state index contributed by atoms with van der Waals surface area (Å²) in [5.41, 5.74) is 4.35. The molecular formula is C26H23ClN4O4. The van der Waals surface area contributed by atoms with Crippen LogP contribution in [-0.2, 0) is 6.54 Å². The SMILES string of the molecule is COc1ccc([C@@H]2c3c(-c4cc(Cl)c(C)cc4O)n[nH]c3C(=O)N2Cc2cccnc2)cc1OC. The van der Waals surface area contributed by atoms with Crippen molar-refractivity contribution >= 4 is 17.5 Å². The fraction of sp³-hybridized carbons (Fsp3) is 0.192. The van der Waals surface area contributed by atoms with Crippen LogP contribution in [0.1, 0.15) is 38.8 Å². The second-order valence-electron chi connectivity index (χ2n) is 8.29. The largest absolute Gasteiger partial charge is 0.507 e. The number of phenolic OH excluding ortho intramolecular Hbond substituents is 1. The van der Waals surface area contributed by atoms with Gasteiger partial charge in [-0.15, -0.1) is 0 Å². The van der Waals surface area contributed by atoms with Crippen molar-refractivity contribution in [1.29, 1.82) is 0 Å². The van der Waals surface area contributed by atoms with E-state index in [0.717, 1.165) is 16.7 Å². The zero-order valence-electron chi connectivity index (χ0n) is 19.4. The van der Waals surface area contributed by atoms with Crippen LogP contribution in [0, 0.1) is 6.92 Å². The smallest absolute Gasteiger partial charge is 0.273 e. The molecule has 0 fully saturated rings. The normalized spacial score (nSPS) is 14.8. The Labute approximate surface area is 207 Å². The first-order chi connectivity index (χ1) is 16.9. The maximum Gasteiger partial charge on any atom is 0.273 e. The Hall–Kier alpha value is -4.04. The van der Waals surface area contributed by atoms with Crippen molar-refractivity contribution in [3.05, 3.63) is 87.8 Å². The van der Waals surface area contributed by atoms with Crippen LogP contribution in [0.5, 0.6) is 17.2 Å². The molecule has 4 aromatic rings. The summed E-state index contributed by atoms with van der Waals surface area (Å²) in [6, 6.07) is 12.1. The zero-order chi connectivity index (χ0) is 24.7. The van der Waals surface area contributed by atoms with Crippen LogP contribution >= 0.6 is 11.6 Å². The number of nitrogens with zero attached hydrogens (tertiary/aromatic N) is 3. The van der Waals surface area contributed by atoms with Gasteiger partial charge in [0.1, 0.15) is 17.1 Å². The van der Waals surface area contributed by atoms with Crippen LogP contribution in [-0.4, -0.2) is 45.3 Å². The van der Waals surface area contributed by atoms with E-state index >= 15 is 0 Å². The van der Waals surface area contributed by atoms with Gasteiger partial charge in [0, 0.05) is 35.1 Å². The quantitative estimate of drug-likeness (QED) is 0.398. The summed E-state index contributed by atoms with van der Waals surface area (Å²) in [6.07, 6.45) is 3.42. The number of aromatic nitrogens is 3. The molecule has 1 amide bonds. The van der Waals surface area contributed by atoms with Crippen molar-refractivity contribution in [2.45, 2.75) is 19.5 Å². The van der Waals surface area contributed by atoms with Crippen LogP contribution in [0.3, 0.4) is 0 Å². The maximum atomic E-state index is 13.6. The summed E-state index contributed by atoms with van der Waals surface area (Å²) < 4.78 is 10.9. The summed E-state index contributed by atoms with van der Waals surface area (Å²) in [4.78, 5) is 19.5. The molecule has 2 aromatic heterocycles. The summed E-state index contributed by atoms with van der Waals surface area (Å²) in [5.74, 6) is 0.944. The Morgan fingerprint density at radius 2 is 1.94 bits per heavy atom. The van der Waals surface area contributed by atoms with E-state index < -0.39 is 6.04 Å². The van der Waals surface area contributed by atoms with Crippen molar-refractivity contribution < 1.29 is 19.4 Å². The minimum absolute atomic E-state index is 0.0328. The lowest BCUT2D eigenvalue weighted by Crippen LogP contribution is -2.29. The van der Waals surface area contributed by atoms with Crippen LogP contribution in [0.15, 0.2) is 54.9 Å². The number of rotatable bonds is 6. The van der Waals surface area contributed by atoms with E-state index in [1.165, 1.54) is 0 Å². The number of aromatic amines is 1. The molecule has 0 saturated carbocycles. The molecule has 0 saturated heterocycles. The number of carbonyl (C=O) groups is 1. The lowest BCUT2D eigenvalue weighted by molar-refractivity contribution is 0.0729. The Morgan fingerprint density at radius 3 is 2.66 bits per heavy atom. The Balaban J connectivity index is 1.70.